The molecule has 11 rings (SSSR count). The Morgan fingerprint density at radius 2 is 1.02 bits per heavy atom. The van der Waals surface area contributed by atoms with Crippen LogP contribution in [0.5, 0.6) is 0 Å². The second kappa shape index (κ2) is 13.4. The minimum atomic E-state index is 0.599. The molecule has 0 saturated carbocycles. The summed E-state index contributed by atoms with van der Waals surface area (Å²) in [7, 11) is 0. The monoisotopic (exact) mass is 735 g/mol. The largest absolute Gasteiger partial charge is 0.455 e. The molecule has 1 aliphatic carbocycles. The minimum Gasteiger partial charge on any atom is -0.455 e. The number of furan rings is 1. The van der Waals surface area contributed by atoms with E-state index in [0.717, 1.165) is 57.0 Å². The average Bonchev–Trinajstić information content (AvgIpc) is 3.85. The molecule has 3 aromatic heterocycles. The number of benzene rings is 7. The van der Waals surface area contributed by atoms with Crippen molar-refractivity contribution in [3.8, 4) is 45.0 Å². The van der Waals surface area contributed by atoms with E-state index in [9.17, 15) is 0 Å². The van der Waals surface area contributed by atoms with Crippen molar-refractivity contribution >= 4 is 64.6 Å². The first-order valence-corrected chi connectivity index (χ1v) is 19.8. The minimum absolute atomic E-state index is 0.599. The third-order valence-corrected chi connectivity index (χ3v) is 12.1. The molecule has 0 spiro atoms. The van der Waals surface area contributed by atoms with Gasteiger partial charge in [-0.1, -0.05) is 146 Å². The van der Waals surface area contributed by atoms with Crippen molar-refractivity contribution in [3.63, 3.8) is 0 Å². The van der Waals surface area contributed by atoms with Gasteiger partial charge in [-0.15, -0.1) is 11.3 Å². The van der Waals surface area contributed by atoms with Gasteiger partial charge in [-0.2, -0.15) is 0 Å². The summed E-state index contributed by atoms with van der Waals surface area (Å²) in [4.78, 5) is 15.2. The highest BCUT2D eigenvalue weighted by Gasteiger charge is 2.20. The number of thiophene rings is 1. The van der Waals surface area contributed by atoms with Crippen LogP contribution < -0.4 is 0 Å². The van der Waals surface area contributed by atoms with Gasteiger partial charge < -0.3 is 4.42 Å². The third-order valence-electron chi connectivity index (χ3n) is 10.9. The predicted octanol–water partition coefficient (Wildman–Crippen LogP) is 14.1. The lowest BCUT2D eigenvalue weighted by Gasteiger charge is -2.15. The summed E-state index contributed by atoms with van der Waals surface area (Å²) in [5, 5.41) is 4.66. The molecule has 0 fully saturated rings. The smallest absolute Gasteiger partial charge is 0.167 e. The summed E-state index contributed by atoms with van der Waals surface area (Å²) < 4.78 is 9.28. The van der Waals surface area contributed by atoms with Crippen molar-refractivity contribution in [2.75, 3.05) is 0 Å². The summed E-state index contributed by atoms with van der Waals surface area (Å²) in [5.41, 5.74) is 11.9. The number of allylic oxidation sites excluding steroid dienone is 4. The molecule has 4 nitrogen and oxygen atoms in total. The highest BCUT2D eigenvalue weighted by Crippen LogP contribution is 2.43. The van der Waals surface area contributed by atoms with Crippen LogP contribution in [-0.2, 0) is 0 Å². The highest BCUT2D eigenvalue weighted by molar-refractivity contribution is 7.26. The van der Waals surface area contributed by atoms with Gasteiger partial charge in [0.05, 0.1) is 5.56 Å². The number of fused-ring (bicyclic) bond motifs is 6. The molecule has 0 bridgehead atoms. The molecule has 56 heavy (non-hydrogen) atoms. The number of hydrogen-bond acceptors (Lipinski definition) is 5. The zero-order valence-electron chi connectivity index (χ0n) is 30.3. The maximum absolute atomic E-state index is 6.67. The first-order valence-electron chi connectivity index (χ1n) is 19.0. The summed E-state index contributed by atoms with van der Waals surface area (Å²) in [6, 6.07) is 57.7. The SMILES string of the molecule is C1=C(c2ccccc2)CCC(c2nc(-c3ccccc3)nc(-c3cccc4c3oc3ccc(-c5ccc6sc7c(-c8ccccc8)cccc7c6c5)cc34)n2)=C1. The molecule has 0 saturated heterocycles. The van der Waals surface area contributed by atoms with Crippen LogP contribution in [0.4, 0.5) is 0 Å². The molecule has 3 heterocycles. The Balaban J connectivity index is 1.01. The molecule has 0 unspecified atom stereocenters. The van der Waals surface area contributed by atoms with Crippen LogP contribution in [0.2, 0.25) is 0 Å². The number of aromatic nitrogens is 3. The number of rotatable bonds is 6. The Morgan fingerprint density at radius 1 is 0.411 bits per heavy atom. The van der Waals surface area contributed by atoms with E-state index < -0.39 is 0 Å². The predicted molar refractivity (Wildman–Crippen MR) is 233 cm³/mol. The first-order chi connectivity index (χ1) is 27.7. The van der Waals surface area contributed by atoms with Crippen molar-refractivity contribution in [2.24, 2.45) is 0 Å². The van der Waals surface area contributed by atoms with E-state index in [1.807, 2.05) is 41.7 Å². The molecule has 0 radical (unpaired) electrons. The average molecular weight is 736 g/mol. The van der Waals surface area contributed by atoms with E-state index in [4.69, 9.17) is 19.4 Å². The summed E-state index contributed by atoms with van der Waals surface area (Å²) in [6.45, 7) is 0. The van der Waals surface area contributed by atoms with Crippen molar-refractivity contribution in [1.82, 2.24) is 15.0 Å². The second-order valence-corrected chi connectivity index (χ2v) is 15.3. The van der Waals surface area contributed by atoms with Crippen LogP contribution in [0, 0.1) is 0 Å². The van der Waals surface area contributed by atoms with Crippen LogP contribution in [0.3, 0.4) is 0 Å². The molecule has 264 valence electrons. The van der Waals surface area contributed by atoms with Gasteiger partial charge in [0.1, 0.15) is 11.2 Å². The Labute approximate surface area is 327 Å². The normalized spacial score (nSPS) is 13.1. The lowest BCUT2D eigenvalue weighted by molar-refractivity contribution is 0.669. The molecule has 10 aromatic rings. The van der Waals surface area contributed by atoms with E-state index in [2.05, 4.69) is 146 Å². The lowest BCUT2D eigenvalue weighted by atomic mass is 9.93. The Morgan fingerprint density at radius 3 is 1.77 bits per heavy atom. The summed E-state index contributed by atoms with van der Waals surface area (Å²) in [5.74, 6) is 1.94. The van der Waals surface area contributed by atoms with Gasteiger partial charge in [-0.3, -0.25) is 0 Å². The summed E-state index contributed by atoms with van der Waals surface area (Å²) in [6.07, 6.45) is 6.14. The van der Waals surface area contributed by atoms with Crippen molar-refractivity contribution in [3.05, 3.63) is 187 Å². The topological polar surface area (TPSA) is 51.8 Å². The highest BCUT2D eigenvalue weighted by atomic mass is 32.1. The van der Waals surface area contributed by atoms with E-state index in [1.54, 1.807) is 0 Å². The molecule has 0 aliphatic heterocycles. The molecule has 1 aliphatic rings. The second-order valence-electron chi connectivity index (χ2n) is 14.3. The molecule has 5 heteroatoms. The van der Waals surface area contributed by atoms with Gasteiger partial charge in [-0.05, 0) is 82.1 Å². The van der Waals surface area contributed by atoms with Gasteiger partial charge >= 0.3 is 0 Å². The number of nitrogens with zero attached hydrogens (tertiary/aromatic N) is 3. The fraction of sp³-hybridized carbons (Fsp3) is 0.0392. The van der Waals surface area contributed by atoms with Crippen LogP contribution in [-0.4, -0.2) is 15.0 Å². The van der Waals surface area contributed by atoms with Gasteiger partial charge in [-0.25, -0.2) is 15.0 Å². The van der Waals surface area contributed by atoms with Gasteiger partial charge in [0.15, 0.2) is 17.5 Å². The van der Waals surface area contributed by atoms with Crippen molar-refractivity contribution in [1.29, 1.82) is 0 Å². The van der Waals surface area contributed by atoms with Crippen LogP contribution in [0.1, 0.15) is 24.2 Å². The zero-order chi connectivity index (χ0) is 37.0. The fourth-order valence-corrected chi connectivity index (χ4v) is 9.27. The molecule has 0 N–H and O–H groups in total. The molecular weight excluding hydrogens is 703 g/mol. The molecular formula is C51H33N3OS. The van der Waals surface area contributed by atoms with Crippen molar-refractivity contribution < 1.29 is 4.42 Å². The van der Waals surface area contributed by atoms with Gasteiger partial charge in [0, 0.05) is 36.5 Å². The maximum atomic E-state index is 6.67. The van der Waals surface area contributed by atoms with Crippen molar-refractivity contribution in [2.45, 2.75) is 12.8 Å². The molecule has 0 amide bonds. The van der Waals surface area contributed by atoms with Gasteiger partial charge in [0.2, 0.25) is 0 Å². The Bertz CT molecular complexity index is 3180. The standard InChI is InChI=1S/C51H33N3OS/c1-4-12-32(13-5-1)33-22-24-36(25-23-33)50-52-49(35-16-8-3-9-17-35)53-51(54-50)42-21-11-19-40-43-30-37(26-28-45(43)55-47(40)42)38-27-29-46-44(31-38)41-20-10-18-39(48(41)56-46)34-14-6-2-7-15-34/h1-22,24,26-31H,23,25H2. The maximum Gasteiger partial charge on any atom is 0.167 e. The number of para-hydroxylation sites is 1. The molecule has 7 aromatic carbocycles. The van der Waals surface area contributed by atoms with Crippen LogP contribution in [0.25, 0.3) is 98.3 Å². The zero-order valence-corrected chi connectivity index (χ0v) is 31.1. The summed E-state index contributed by atoms with van der Waals surface area (Å²) >= 11 is 1.86. The van der Waals surface area contributed by atoms with E-state index in [0.29, 0.717) is 17.5 Å². The van der Waals surface area contributed by atoms with Crippen LogP contribution in [0.15, 0.2) is 180 Å². The van der Waals surface area contributed by atoms with Gasteiger partial charge in [0.25, 0.3) is 0 Å². The third kappa shape index (κ3) is 5.64. The van der Waals surface area contributed by atoms with E-state index in [1.165, 1.54) is 48.0 Å². The number of hydrogen-bond donors (Lipinski definition) is 0. The van der Waals surface area contributed by atoms with E-state index >= 15 is 0 Å². The van der Waals surface area contributed by atoms with E-state index in [-0.39, 0.29) is 0 Å². The molecule has 0 atom stereocenters. The first kappa shape index (κ1) is 32.5. The Kier molecular flexibility index (Phi) is 7.78. The quantitative estimate of drug-likeness (QED) is 0.171. The van der Waals surface area contributed by atoms with Crippen LogP contribution >= 0.6 is 11.3 Å². The lowest BCUT2D eigenvalue weighted by Crippen LogP contribution is -2.04. The Hall–Kier alpha value is -6.95. The fourth-order valence-electron chi connectivity index (χ4n) is 8.05.